The highest BCUT2D eigenvalue weighted by atomic mass is 19.1. The zero-order valence-electron chi connectivity index (χ0n) is 15.4. The van der Waals surface area contributed by atoms with E-state index in [1.807, 2.05) is 19.0 Å². The SMILES string of the molecule is CNCCN(C)CCn1cnc(C(=O)NCc2ccc(F)cc2)c(O)c1=O. The summed E-state index contributed by atoms with van der Waals surface area (Å²) in [5.41, 5.74) is -0.317. The maximum Gasteiger partial charge on any atom is 0.296 e. The van der Waals surface area contributed by atoms with Crippen molar-refractivity contribution < 1.29 is 14.3 Å². The summed E-state index contributed by atoms with van der Waals surface area (Å²) in [4.78, 5) is 30.4. The number of hydrogen-bond acceptors (Lipinski definition) is 6. The van der Waals surface area contributed by atoms with Gasteiger partial charge in [0.25, 0.3) is 11.5 Å². The van der Waals surface area contributed by atoms with E-state index < -0.39 is 17.2 Å². The van der Waals surface area contributed by atoms with E-state index >= 15 is 0 Å². The summed E-state index contributed by atoms with van der Waals surface area (Å²) in [7, 11) is 3.78. The van der Waals surface area contributed by atoms with Gasteiger partial charge in [-0.15, -0.1) is 0 Å². The number of aromatic hydroxyl groups is 1. The van der Waals surface area contributed by atoms with Gasteiger partial charge in [-0.2, -0.15) is 0 Å². The number of likely N-dealkylation sites (N-methyl/N-ethyl adjacent to an activating group) is 2. The van der Waals surface area contributed by atoms with Crippen LogP contribution in [0.25, 0.3) is 0 Å². The molecule has 0 aliphatic rings. The smallest absolute Gasteiger partial charge is 0.296 e. The molecule has 0 aliphatic carbocycles. The first-order valence-corrected chi connectivity index (χ1v) is 8.56. The zero-order valence-corrected chi connectivity index (χ0v) is 15.4. The minimum absolute atomic E-state index is 0.125. The molecular formula is C18H24FN5O3. The molecular weight excluding hydrogens is 353 g/mol. The monoisotopic (exact) mass is 377 g/mol. The summed E-state index contributed by atoms with van der Waals surface area (Å²) in [5, 5.41) is 15.6. The van der Waals surface area contributed by atoms with E-state index in [-0.39, 0.29) is 18.1 Å². The molecule has 0 aliphatic heterocycles. The van der Waals surface area contributed by atoms with Crippen LogP contribution in [0.15, 0.2) is 35.4 Å². The molecule has 146 valence electrons. The molecule has 0 saturated carbocycles. The van der Waals surface area contributed by atoms with Gasteiger partial charge < -0.3 is 20.6 Å². The average Bonchev–Trinajstić information content (AvgIpc) is 2.66. The lowest BCUT2D eigenvalue weighted by molar-refractivity contribution is 0.0942. The Morgan fingerprint density at radius 2 is 2.00 bits per heavy atom. The second-order valence-electron chi connectivity index (χ2n) is 6.16. The van der Waals surface area contributed by atoms with Gasteiger partial charge in [0.05, 0.1) is 6.33 Å². The van der Waals surface area contributed by atoms with Crippen LogP contribution in [0.1, 0.15) is 16.1 Å². The molecule has 1 aromatic carbocycles. The summed E-state index contributed by atoms with van der Waals surface area (Å²) in [6.07, 6.45) is 1.25. The Hall–Kier alpha value is -2.78. The molecule has 3 N–H and O–H groups in total. The fourth-order valence-corrected chi connectivity index (χ4v) is 2.37. The van der Waals surface area contributed by atoms with Crippen LogP contribution in [0.3, 0.4) is 0 Å². The summed E-state index contributed by atoms with van der Waals surface area (Å²) < 4.78 is 14.2. The molecule has 1 heterocycles. The standard InChI is InChI=1S/C18H24FN5O3/c1-20-7-8-23(2)9-10-24-12-22-15(16(25)18(24)27)17(26)21-11-13-3-5-14(19)6-4-13/h3-6,12,20,25H,7-11H2,1-2H3,(H,21,26). The number of carbonyl (C=O) groups is 1. The predicted octanol–water partition coefficient (Wildman–Crippen LogP) is 0.169. The highest BCUT2D eigenvalue weighted by Gasteiger charge is 2.17. The fourth-order valence-electron chi connectivity index (χ4n) is 2.37. The van der Waals surface area contributed by atoms with E-state index in [0.29, 0.717) is 18.7 Å². The molecule has 0 saturated heterocycles. The number of halogens is 1. The molecule has 0 bridgehead atoms. The largest absolute Gasteiger partial charge is 0.501 e. The molecule has 27 heavy (non-hydrogen) atoms. The third-order valence-electron chi connectivity index (χ3n) is 4.06. The third-order valence-corrected chi connectivity index (χ3v) is 4.06. The second-order valence-corrected chi connectivity index (χ2v) is 6.16. The highest BCUT2D eigenvalue weighted by molar-refractivity contribution is 5.94. The molecule has 8 nitrogen and oxygen atoms in total. The Balaban J connectivity index is 1.99. The maximum absolute atomic E-state index is 12.9. The van der Waals surface area contributed by atoms with Crippen molar-refractivity contribution in [1.82, 2.24) is 25.1 Å². The van der Waals surface area contributed by atoms with Gasteiger partial charge in [-0.1, -0.05) is 12.1 Å². The van der Waals surface area contributed by atoms with E-state index in [2.05, 4.69) is 15.6 Å². The van der Waals surface area contributed by atoms with Crippen LogP contribution >= 0.6 is 0 Å². The van der Waals surface area contributed by atoms with Crippen molar-refractivity contribution in [3.05, 3.63) is 58.0 Å². The summed E-state index contributed by atoms with van der Waals surface area (Å²) >= 11 is 0. The number of aromatic nitrogens is 2. The molecule has 2 aromatic rings. The topological polar surface area (TPSA) is 99.5 Å². The van der Waals surface area contributed by atoms with Gasteiger partial charge in [-0.25, -0.2) is 9.37 Å². The first kappa shape index (κ1) is 20.5. The van der Waals surface area contributed by atoms with Crippen LogP contribution in [0.5, 0.6) is 5.75 Å². The van der Waals surface area contributed by atoms with Gasteiger partial charge in [-0.05, 0) is 31.8 Å². The van der Waals surface area contributed by atoms with Gasteiger partial charge in [0.1, 0.15) is 5.82 Å². The second kappa shape index (κ2) is 9.79. The third kappa shape index (κ3) is 5.87. The Morgan fingerprint density at radius 3 is 2.67 bits per heavy atom. The zero-order chi connectivity index (χ0) is 19.8. The van der Waals surface area contributed by atoms with Crippen LogP contribution < -0.4 is 16.2 Å². The van der Waals surface area contributed by atoms with Crippen molar-refractivity contribution in [2.75, 3.05) is 33.7 Å². The highest BCUT2D eigenvalue weighted by Crippen LogP contribution is 2.08. The maximum atomic E-state index is 12.9. The number of carbonyl (C=O) groups excluding carboxylic acids is 1. The molecule has 9 heteroatoms. The van der Waals surface area contributed by atoms with Crippen molar-refractivity contribution in [3.8, 4) is 5.75 Å². The van der Waals surface area contributed by atoms with Crippen LogP contribution in [0, 0.1) is 5.82 Å². The number of nitrogens with zero attached hydrogens (tertiary/aromatic N) is 3. The summed E-state index contributed by atoms with van der Waals surface area (Å²) in [6.45, 7) is 2.70. The minimum Gasteiger partial charge on any atom is -0.501 e. The van der Waals surface area contributed by atoms with Crippen molar-refractivity contribution in [3.63, 3.8) is 0 Å². The molecule has 0 unspecified atom stereocenters. The molecule has 1 amide bonds. The number of benzene rings is 1. The van der Waals surface area contributed by atoms with Crippen LogP contribution in [0.2, 0.25) is 0 Å². The Morgan fingerprint density at radius 1 is 1.30 bits per heavy atom. The molecule has 2 rings (SSSR count). The van der Waals surface area contributed by atoms with E-state index in [1.54, 1.807) is 0 Å². The van der Waals surface area contributed by atoms with Gasteiger partial charge in [0, 0.05) is 32.7 Å². The van der Waals surface area contributed by atoms with Crippen LogP contribution in [-0.2, 0) is 13.1 Å². The van der Waals surface area contributed by atoms with Crippen LogP contribution in [-0.4, -0.2) is 59.2 Å². The Kier molecular flexibility index (Phi) is 7.44. The Bertz CT molecular complexity index is 823. The lowest BCUT2D eigenvalue weighted by Gasteiger charge is -2.17. The molecule has 0 atom stereocenters. The summed E-state index contributed by atoms with van der Waals surface area (Å²) in [5.74, 6) is -1.73. The quantitative estimate of drug-likeness (QED) is 0.576. The van der Waals surface area contributed by atoms with E-state index in [1.165, 1.54) is 35.2 Å². The van der Waals surface area contributed by atoms with Crippen LogP contribution in [0.4, 0.5) is 4.39 Å². The number of rotatable bonds is 9. The fraction of sp³-hybridized carbons (Fsp3) is 0.389. The molecule has 1 aromatic heterocycles. The predicted molar refractivity (Wildman–Crippen MR) is 99.2 cm³/mol. The van der Waals surface area contributed by atoms with Crippen molar-refractivity contribution in [2.24, 2.45) is 0 Å². The van der Waals surface area contributed by atoms with E-state index in [9.17, 15) is 19.1 Å². The normalized spacial score (nSPS) is 11.0. The minimum atomic E-state index is -0.688. The Labute approximate surface area is 156 Å². The number of amides is 1. The first-order chi connectivity index (χ1) is 12.9. The van der Waals surface area contributed by atoms with Crippen molar-refractivity contribution >= 4 is 5.91 Å². The average molecular weight is 377 g/mol. The lowest BCUT2D eigenvalue weighted by Crippen LogP contribution is -2.33. The molecule has 0 spiro atoms. The first-order valence-electron chi connectivity index (χ1n) is 8.56. The van der Waals surface area contributed by atoms with E-state index in [0.717, 1.165) is 13.1 Å². The van der Waals surface area contributed by atoms with Gasteiger partial charge in [0.2, 0.25) is 5.75 Å². The van der Waals surface area contributed by atoms with Crippen molar-refractivity contribution in [1.29, 1.82) is 0 Å². The summed E-state index contributed by atoms with van der Waals surface area (Å²) in [6, 6.07) is 5.63. The molecule has 0 radical (unpaired) electrons. The van der Waals surface area contributed by atoms with E-state index in [4.69, 9.17) is 0 Å². The van der Waals surface area contributed by atoms with Gasteiger partial charge in [0.15, 0.2) is 5.69 Å². The lowest BCUT2D eigenvalue weighted by atomic mass is 10.2. The molecule has 0 fully saturated rings. The van der Waals surface area contributed by atoms with Gasteiger partial charge >= 0.3 is 0 Å². The number of hydrogen-bond donors (Lipinski definition) is 3. The van der Waals surface area contributed by atoms with Crippen molar-refractivity contribution in [2.45, 2.75) is 13.1 Å². The van der Waals surface area contributed by atoms with Gasteiger partial charge in [-0.3, -0.25) is 14.2 Å². The number of nitrogens with one attached hydrogen (secondary N) is 2.